The Morgan fingerprint density at radius 1 is 1.06 bits per heavy atom. The van der Waals surface area contributed by atoms with E-state index in [1.54, 1.807) is 0 Å². The van der Waals surface area contributed by atoms with Gasteiger partial charge in [-0.05, 0) is 19.3 Å². The molecule has 0 unspecified atom stereocenters. The predicted octanol–water partition coefficient (Wildman–Crippen LogP) is 2.57. The van der Waals surface area contributed by atoms with Gasteiger partial charge in [-0.1, -0.05) is 32.6 Å². The minimum atomic E-state index is -3.02. The van der Waals surface area contributed by atoms with Crippen molar-refractivity contribution in [3.8, 4) is 6.07 Å². The molecule has 0 spiro atoms. The molecule has 0 aromatic carbocycles. The Bertz CT molecular complexity index is 307. The smallest absolute Gasteiger partial charge is 0.211 e. The van der Waals surface area contributed by atoms with Crippen LogP contribution in [0.3, 0.4) is 0 Å². The van der Waals surface area contributed by atoms with E-state index in [9.17, 15) is 8.42 Å². The summed E-state index contributed by atoms with van der Waals surface area (Å²) in [7, 11) is -3.02. The summed E-state index contributed by atoms with van der Waals surface area (Å²) in [6.45, 7) is 2.42. The van der Waals surface area contributed by atoms with Crippen LogP contribution in [0.4, 0.5) is 0 Å². The van der Waals surface area contributed by atoms with E-state index in [1.807, 2.05) is 6.92 Å². The van der Waals surface area contributed by atoms with Gasteiger partial charge in [0.2, 0.25) is 10.0 Å². The van der Waals surface area contributed by atoms with Crippen LogP contribution < -0.4 is 4.72 Å². The van der Waals surface area contributed by atoms with Gasteiger partial charge < -0.3 is 0 Å². The highest BCUT2D eigenvalue weighted by atomic mass is 32.2. The molecule has 0 saturated carbocycles. The third kappa shape index (κ3) is 11.7. The van der Waals surface area contributed by atoms with Crippen LogP contribution in [0.15, 0.2) is 0 Å². The molecule has 0 aliphatic heterocycles. The van der Waals surface area contributed by atoms with Gasteiger partial charge in [0.1, 0.15) is 0 Å². The minimum absolute atomic E-state index is 0.223. The molecule has 0 saturated heterocycles. The molecule has 0 heterocycles. The van der Waals surface area contributed by atoms with E-state index < -0.39 is 10.0 Å². The largest absolute Gasteiger partial charge is 0.215 e. The molecule has 0 aromatic rings. The van der Waals surface area contributed by atoms with E-state index in [1.165, 1.54) is 0 Å². The van der Waals surface area contributed by atoms with Crippen molar-refractivity contribution in [2.24, 2.45) is 0 Å². The standard InChI is InChI=1S/C12H24N2O2S/c1-2-12-17(15,16)14-11-9-7-5-3-4-6-8-10-13/h14H,2-9,11-12H2,1H3. The Labute approximate surface area is 105 Å². The number of nitrogens with zero attached hydrogens (tertiary/aromatic N) is 1. The predicted molar refractivity (Wildman–Crippen MR) is 70.0 cm³/mol. The summed E-state index contributed by atoms with van der Waals surface area (Å²) in [6.07, 6.45) is 7.63. The Kier molecular flexibility index (Phi) is 10.2. The fourth-order valence-electron chi connectivity index (χ4n) is 1.60. The second-order valence-corrected chi connectivity index (χ2v) is 6.17. The molecular weight excluding hydrogens is 236 g/mol. The summed E-state index contributed by atoms with van der Waals surface area (Å²) in [5, 5.41) is 8.34. The van der Waals surface area contributed by atoms with Crippen LogP contribution in [-0.2, 0) is 10.0 Å². The Hall–Kier alpha value is -0.600. The average Bonchev–Trinajstić information content (AvgIpc) is 2.27. The summed E-state index contributed by atoms with van der Waals surface area (Å²) in [5.74, 6) is 0.223. The van der Waals surface area contributed by atoms with E-state index in [0.29, 0.717) is 19.4 Å². The van der Waals surface area contributed by atoms with Gasteiger partial charge >= 0.3 is 0 Å². The second-order valence-electron chi connectivity index (χ2n) is 4.24. The lowest BCUT2D eigenvalue weighted by Gasteiger charge is -2.05. The summed E-state index contributed by atoms with van der Waals surface area (Å²) in [6, 6.07) is 2.13. The van der Waals surface area contributed by atoms with Gasteiger partial charge in [-0.2, -0.15) is 5.26 Å². The summed E-state index contributed by atoms with van der Waals surface area (Å²) < 4.78 is 25.2. The third-order valence-electron chi connectivity index (χ3n) is 2.51. The van der Waals surface area contributed by atoms with Crippen LogP contribution >= 0.6 is 0 Å². The SMILES string of the molecule is CCCS(=O)(=O)NCCCCCCCCC#N. The van der Waals surface area contributed by atoms with E-state index in [2.05, 4.69) is 10.8 Å². The molecule has 5 heteroatoms. The zero-order valence-electron chi connectivity index (χ0n) is 10.7. The molecule has 4 nitrogen and oxygen atoms in total. The highest BCUT2D eigenvalue weighted by Gasteiger charge is 2.06. The minimum Gasteiger partial charge on any atom is -0.215 e. The lowest BCUT2D eigenvalue weighted by Crippen LogP contribution is -2.27. The van der Waals surface area contributed by atoms with Gasteiger partial charge in [0.25, 0.3) is 0 Å². The molecule has 0 amide bonds. The molecule has 0 aromatic heterocycles. The van der Waals surface area contributed by atoms with Crippen LogP contribution in [-0.4, -0.2) is 20.7 Å². The molecule has 0 atom stereocenters. The number of nitrogens with one attached hydrogen (secondary N) is 1. The van der Waals surface area contributed by atoms with Gasteiger partial charge in [0.05, 0.1) is 11.8 Å². The number of hydrogen-bond donors (Lipinski definition) is 1. The van der Waals surface area contributed by atoms with Crippen LogP contribution in [0.1, 0.15) is 58.3 Å². The second kappa shape index (κ2) is 10.5. The van der Waals surface area contributed by atoms with Crippen LogP contribution in [0.25, 0.3) is 0 Å². The quantitative estimate of drug-likeness (QED) is 0.580. The van der Waals surface area contributed by atoms with Crippen LogP contribution in [0.5, 0.6) is 0 Å². The van der Waals surface area contributed by atoms with Crippen molar-refractivity contribution in [1.29, 1.82) is 5.26 Å². The average molecular weight is 260 g/mol. The van der Waals surface area contributed by atoms with E-state index in [0.717, 1.165) is 38.5 Å². The van der Waals surface area contributed by atoms with Gasteiger partial charge in [-0.15, -0.1) is 0 Å². The first kappa shape index (κ1) is 16.4. The van der Waals surface area contributed by atoms with Crippen molar-refractivity contribution < 1.29 is 8.42 Å². The normalized spacial score (nSPS) is 11.3. The lowest BCUT2D eigenvalue weighted by molar-refractivity contribution is 0.565. The number of unbranched alkanes of at least 4 members (excludes halogenated alkanes) is 6. The third-order valence-corrected chi connectivity index (χ3v) is 4.10. The van der Waals surface area contributed by atoms with Gasteiger partial charge in [-0.25, -0.2) is 13.1 Å². The van der Waals surface area contributed by atoms with E-state index in [-0.39, 0.29) is 5.75 Å². The number of rotatable bonds is 11. The Morgan fingerprint density at radius 3 is 2.24 bits per heavy atom. The molecular formula is C12H24N2O2S. The van der Waals surface area contributed by atoms with Gasteiger partial charge in [0, 0.05) is 13.0 Å². The summed E-state index contributed by atoms with van der Waals surface area (Å²) in [5.41, 5.74) is 0. The molecule has 0 radical (unpaired) electrons. The van der Waals surface area contributed by atoms with Gasteiger partial charge in [0.15, 0.2) is 0 Å². The molecule has 0 aliphatic carbocycles. The van der Waals surface area contributed by atoms with Crippen molar-refractivity contribution in [3.63, 3.8) is 0 Å². The van der Waals surface area contributed by atoms with Crippen molar-refractivity contribution in [2.45, 2.75) is 58.3 Å². The highest BCUT2D eigenvalue weighted by molar-refractivity contribution is 7.89. The molecule has 0 bridgehead atoms. The molecule has 1 N–H and O–H groups in total. The molecule has 0 fully saturated rings. The monoisotopic (exact) mass is 260 g/mol. The maximum absolute atomic E-state index is 11.3. The van der Waals surface area contributed by atoms with Crippen molar-refractivity contribution >= 4 is 10.0 Å². The van der Waals surface area contributed by atoms with E-state index >= 15 is 0 Å². The first-order valence-electron chi connectivity index (χ1n) is 6.46. The fraction of sp³-hybridized carbons (Fsp3) is 0.917. The maximum atomic E-state index is 11.3. The lowest BCUT2D eigenvalue weighted by atomic mass is 10.1. The van der Waals surface area contributed by atoms with Crippen LogP contribution in [0, 0.1) is 11.3 Å². The Balaban J connectivity index is 3.27. The van der Waals surface area contributed by atoms with Crippen molar-refractivity contribution in [1.82, 2.24) is 4.72 Å². The molecule has 100 valence electrons. The van der Waals surface area contributed by atoms with Gasteiger partial charge in [-0.3, -0.25) is 0 Å². The van der Waals surface area contributed by atoms with Crippen LogP contribution in [0.2, 0.25) is 0 Å². The molecule has 0 rings (SSSR count). The van der Waals surface area contributed by atoms with Crippen molar-refractivity contribution in [2.75, 3.05) is 12.3 Å². The fourth-order valence-corrected chi connectivity index (χ4v) is 2.74. The topological polar surface area (TPSA) is 70.0 Å². The number of sulfonamides is 1. The first-order chi connectivity index (χ1) is 8.12. The van der Waals surface area contributed by atoms with E-state index in [4.69, 9.17) is 5.26 Å². The zero-order chi connectivity index (χ0) is 13.0. The molecule has 0 aliphatic rings. The summed E-state index contributed by atoms with van der Waals surface area (Å²) in [4.78, 5) is 0. The number of nitriles is 1. The summed E-state index contributed by atoms with van der Waals surface area (Å²) >= 11 is 0. The zero-order valence-corrected chi connectivity index (χ0v) is 11.6. The maximum Gasteiger partial charge on any atom is 0.211 e. The highest BCUT2D eigenvalue weighted by Crippen LogP contribution is 2.06. The molecule has 17 heavy (non-hydrogen) atoms. The Morgan fingerprint density at radius 2 is 1.65 bits per heavy atom. The first-order valence-corrected chi connectivity index (χ1v) is 8.12. The van der Waals surface area contributed by atoms with Crippen molar-refractivity contribution in [3.05, 3.63) is 0 Å². The number of hydrogen-bond acceptors (Lipinski definition) is 3.